The summed E-state index contributed by atoms with van der Waals surface area (Å²) >= 11 is 0. The normalized spacial score (nSPS) is 12.9. The van der Waals surface area contributed by atoms with Gasteiger partial charge in [-0.25, -0.2) is 4.39 Å². The van der Waals surface area contributed by atoms with E-state index in [-0.39, 0.29) is 23.5 Å². The van der Waals surface area contributed by atoms with Crippen molar-refractivity contribution in [2.75, 3.05) is 11.9 Å². The molecule has 4 nitrogen and oxygen atoms in total. The topological polar surface area (TPSA) is 49.4 Å². The van der Waals surface area contributed by atoms with Crippen LogP contribution >= 0.6 is 0 Å². The fraction of sp³-hybridized carbons (Fsp3) is 0.583. The van der Waals surface area contributed by atoms with E-state index in [0.29, 0.717) is 29.7 Å². The maximum atomic E-state index is 15.4. The molecule has 1 rings (SSSR count). The Labute approximate surface area is 175 Å². The molecule has 0 aliphatic rings. The Bertz CT molecular complexity index is 702. The lowest BCUT2D eigenvalue weighted by Gasteiger charge is -2.31. The zero-order valence-electron chi connectivity index (χ0n) is 18.7. The Kier molecular flexibility index (Phi) is 10.6. The van der Waals surface area contributed by atoms with Gasteiger partial charge >= 0.3 is 0 Å². The summed E-state index contributed by atoms with van der Waals surface area (Å²) in [7, 11) is 1.54. The molecule has 0 spiro atoms. The zero-order valence-corrected chi connectivity index (χ0v) is 18.7. The van der Waals surface area contributed by atoms with E-state index in [1.54, 1.807) is 32.2 Å². The van der Waals surface area contributed by atoms with Crippen LogP contribution in [-0.2, 0) is 9.59 Å². The van der Waals surface area contributed by atoms with E-state index >= 15 is 4.39 Å². The number of nitrogens with one attached hydrogen (secondary N) is 1. The highest BCUT2D eigenvalue weighted by Gasteiger charge is 2.30. The molecule has 0 saturated heterocycles. The summed E-state index contributed by atoms with van der Waals surface area (Å²) in [5.74, 6) is -0.636. The molecule has 1 aromatic carbocycles. The van der Waals surface area contributed by atoms with Crippen molar-refractivity contribution >= 4 is 17.5 Å². The largest absolute Gasteiger partial charge is 0.357 e. The van der Waals surface area contributed by atoms with E-state index < -0.39 is 6.04 Å². The lowest BCUT2D eigenvalue weighted by atomic mass is 9.88. The molecule has 0 saturated carbocycles. The molecule has 0 heterocycles. The fourth-order valence-corrected chi connectivity index (χ4v) is 3.90. The van der Waals surface area contributed by atoms with Gasteiger partial charge in [0.2, 0.25) is 11.8 Å². The van der Waals surface area contributed by atoms with Gasteiger partial charge in [0.25, 0.3) is 0 Å². The predicted octanol–water partition coefficient (Wildman–Crippen LogP) is 5.64. The number of rotatable bonds is 12. The third-order valence-corrected chi connectivity index (χ3v) is 5.47. The standard InChI is InChI=1S/C24H37FN2O2/c1-7-10-13-19(12-9-3)20-15-16-21(17(4)23(20)25)27(18(5)28)22(14-11-8-2)24(29)26-6/h8,15-16,19,22H,2,7,9-14H2,1,3-6H3,(H,26,29). The van der Waals surface area contributed by atoms with Gasteiger partial charge in [0.05, 0.1) is 5.69 Å². The molecule has 2 amide bonds. The van der Waals surface area contributed by atoms with Crippen LogP contribution in [0.1, 0.15) is 82.8 Å². The number of carbonyl (C=O) groups excluding carboxylic acids is 2. The lowest BCUT2D eigenvalue weighted by molar-refractivity contribution is -0.125. The van der Waals surface area contributed by atoms with Gasteiger partial charge in [-0.1, -0.05) is 45.3 Å². The SMILES string of the molecule is C=CCCC(C(=O)NC)N(C(C)=O)c1ccc(C(CCC)CCCC)c(F)c1C. The van der Waals surface area contributed by atoms with Crippen molar-refractivity contribution in [3.63, 3.8) is 0 Å². The van der Waals surface area contributed by atoms with Crippen molar-refractivity contribution in [1.29, 1.82) is 0 Å². The number of halogens is 1. The number of anilines is 1. The van der Waals surface area contributed by atoms with Crippen LogP contribution in [0.5, 0.6) is 0 Å². The number of unbranched alkanes of at least 4 members (excludes halogenated alkanes) is 1. The molecule has 0 aromatic heterocycles. The second-order valence-electron chi connectivity index (χ2n) is 7.63. The highest BCUT2D eigenvalue weighted by atomic mass is 19.1. The molecule has 162 valence electrons. The minimum absolute atomic E-state index is 0.175. The van der Waals surface area contributed by atoms with Crippen molar-refractivity contribution in [3.05, 3.63) is 41.7 Å². The van der Waals surface area contributed by atoms with Crippen molar-refractivity contribution in [3.8, 4) is 0 Å². The molecule has 5 heteroatoms. The van der Waals surface area contributed by atoms with E-state index in [4.69, 9.17) is 0 Å². The summed E-state index contributed by atoms with van der Waals surface area (Å²) in [6, 6.07) is 2.90. The number of likely N-dealkylation sites (N-methyl/N-ethyl adjacent to an activating group) is 1. The first-order valence-electron chi connectivity index (χ1n) is 10.7. The van der Waals surface area contributed by atoms with E-state index in [0.717, 1.165) is 32.1 Å². The summed E-state index contributed by atoms with van der Waals surface area (Å²) in [4.78, 5) is 26.4. The van der Waals surface area contributed by atoms with E-state index in [1.807, 2.05) is 0 Å². The van der Waals surface area contributed by atoms with Crippen LogP contribution < -0.4 is 10.2 Å². The van der Waals surface area contributed by atoms with E-state index in [1.165, 1.54) is 11.8 Å². The number of benzene rings is 1. The highest BCUT2D eigenvalue weighted by Crippen LogP contribution is 2.35. The number of amides is 2. The molecule has 0 bridgehead atoms. The highest BCUT2D eigenvalue weighted by molar-refractivity contribution is 6.00. The Hall–Kier alpha value is -2.17. The predicted molar refractivity (Wildman–Crippen MR) is 119 cm³/mol. The molecule has 29 heavy (non-hydrogen) atoms. The minimum Gasteiger partial charge on any atom is -0.357 e. The van der Waals surface area contributed by atoms with Gasteiger partial charge in [-0.2, -0.15) is 0 Å². The fourth-order valence-electron chi connectivity index (χ4n) is 3.90. The average molecular weight is 405 g/mol. The van der Waals surface area contributed by atoms with Crippen LogP contribution in [-0.4, -0.2) is 24.9 Å². The van der Waals surface area contributed by atoms with Gasteiger partial charge < -0.3 is 5.32 Å². The maximum absolute atomic E-state index is 15.4. The number of allylic oxidation sites excluding steroid dienone is 1. The average Bonchev–Trinajstić information content (AvgIpc) is 2.70. The summed E-state index contributed by atoms with van der Waals surface area (Å²) in [5, 5.41) is 2.62. The Balaban J connectivity index is 3.41. The van der Waals surface area contributed by atoms with Crippen LogP contribution in [0.3, 0.4) is 0 Å². The van der Waals surface area contributed by atoms with Crippen LogP contribution in [0.25, 0.3) is 0 Å². The second-order valence-corrected chi connectivity index (χ2v) is 7.63. The number of hydrogen-bond donors (Lipinski definition) is 1. The van der Waals surface area contributed by atoms with Crippen LogP contribution in [0.15, 0.2) is 24.8 Å². The van der Waals surface area contributed by atoms with Gasteiger partial charge in [-0.05, 0) is 50.2 Å². The van der Waals surface area contributed by atoms with Gasteiger partial charge in [0, 0.05) is 19.5 Å². The zero-order chi connectivity index (χ0) is 22.0. The first-order chi connectivity index (χ1) is 13.8. The molecule has 1 N–H and O–H groups in total. The molecule has 2 unspecified atom stereocenters. The summed E-state index contributed by atoms with van der Waals surface area (Å²) in [5.41, 5.74) is 1.59. The molecule has 0 fully saturated rings. The Morgan fingerprint density at radius 3 is 2.41 bits per heavy atom. The third kappa shape index (κ3) is 6.41. The number of hydrogen-bond acceptors (Lipinski definition) is 2. The van der Waals surface area contributed by atoms with Crippen molar-refractivity contribution in [2.45, 2.75) is 84.6 Å². The minimum atomic E-state index is -0.703. The Morgan fingerprint density at radius 1 is 1.21 bits per heavy atom. The van der Waals surface area contributed by atoms with Crippen molar-refractivity contribution in [1.82, 2.24) is 5.32 Å². The first kappa shape index (κ1) is 24.9. The lowest BCUT2D eigenvalue weighted by Crippen LogP contribution is -2.48. The van der Waals surface area contributed by atoms with Crippen LogP contribution in [0.2, 0.25) is 0 Å². The van der Waals surface area contributed by atoms with Crippen molar-refractivity contribution in [2.24, 2.45) is 0 Å². The smallest absolute Gasteiger partial charge is 0.242 e. The van der Waals surface area contributed by atoms with Crippen LogP contribution in [0, 0.1) is 12.7 Å². The maximum Gasteiger partial charge on any atom is 0.242 e. The molecule has 1 aromatic rings. The number of carbonyl (C=O) groups is 2. The Morgan fingerprint density at radius 2 is 1.90 bits per heavy atom. The summed E-state index contributed by atoms with van der Waals surface area (Å²) in [6.45, 7) is 11.1. The van der Waals surface area contributed by atoms with Crippen molar-refractivity contribution < 1.29 is 14.0 Å². The van der Waals surface area contributed by atoms with Gasteiger partial charge in [0.15, 0.2) is 0 Å². The molecule has 0 aliphatic heterocycles. The van der Waals surface area contributed by atoms with Gasteiger partial charge in [-0.15, -0.1) is 6.58 Å². The molecule has 0 aliphatic carbocycles. The molecular weight excluding hydrogens is 367 g/mol. The summed E-state index contributed by atoms with van der Waals surface area (Å²) < 4.78 is 15.4. The van der Waals surface area contributed by atoms with Gasteiger partial charge in [0.1, 0.15) is 11.9 Å². The second kappa shape index (κ2) is 12.4. The third-order valence-electron chi connectivity index (χ3n) is 5.47. The summed E-state index contributed by atoms with van der Waals surface area (Å²) in [6.07, 6.45) is 7.75. The molecular formula is C24H37FN2O2. The van der Waals surface area contributed by atoms with E-state index in [9.17, 15) is 9.59 Å². The van der Waals surface area contributed by atoms with Crippen LogP contribution in [0.4, 0.5) is 10.1 Å². The van der Waals surface area contributed by atoms with Gasteiger partial charge in [-0.3, -0.25) is 14.5 Å². The number of nitrogens with zero attached hydrogens (tertiary/aromatic N) is 1. The molecule has 2 atom stereocenters. The monoisotopic (exact) mass is 404 g/mol. The first-order valence-corrected chi connectivity index (χ1v) is 10.7. The quantitative estimate of drug-likeness (QED) is 0.458. The van der Waals surface area contributed by atoms with E-state index in [2.05, 4.69) is 25.7 Å². The molecule has 0 radical (unpaired) electrons.